The molecule has 0 bridgehead atoms. The monoisotopic (exact) mass is 232 g/mol. The van der Waals surface area contributed by atoms with Crippen LogP contribution in [0.15, 0.2) is 0 Å². The Kier molecular flexibility index (Phi) is 18.5. The van der Waals surface area contributed by atoms with Gasteiger partial charge in [-0.15, -0.1) is 0 Å². The standard InChI is InChI=1S/C6H14O.C4H8O.C3H6O/c1-5(2)7-6(3)4;1-3-4(2)5;1-3(2)4/h5-6H,1-4H3;3H2,1-2H3;1-2H3. The van der Waals surface area contributed by atoms with Crippen LogP contribution in [0, 0.1) is 0 Å². The van der Waals surface area contributed by atoms with E-state index in [0.29, 0.717) is 18.6 Å². The summed E-state index contributed by atoms with van der Waals surface area (Å²) in [6, 6.07) is 0. The molecule has 0 aliphatic rings. The van der Waals surface area contributed by atoms with Crippen LogP contribution in [-0.4, -0.2) is 23.8 Å². The molecule has 0 N–H and O–H groups in total. The Balaban J connectivity index is -0.000000166. The summed E-state index contributed by atoms with van der Waals surface area (Å²) in [5.74, 6) is 0.421. The van der Waals surface area contributed by atoms with Crippen LogP contribution in [0.4, 0.5) is 0 Å². The lowest BCUT2D eigenvalue weighted by molar-refractivity contribution is -0.117. The smallest absolute Gasteiger partial charge is 0.129 e. The molecule has 3 heteroatoms. The molecule has 0 rings (SSSR count). The van der Waals surface area contributed by atoms with Gasteiger partial charge in [0, 0.05) is 6.42 Å². The van der Waals surface area contributed by atoms with Gasteiger partial charge in [-0.3, -0.25) is 0 Å². The molecule has 0 spiro atoms. The first-order valence-electron chi connectivity index (χ1n) is 5.75. The Morgan fingerprint density at radius 1 is 0.938 bits per heavy atom. The van der Waals surface area contributed by atoms with Crippen molar-refractivity contribution < 1.29 is 14.3 Å². The highest BCUT2D eigenvalue weighted by molar-refractivity contribution is 5.74. The van der Waals surface area contributed by atoms with Crippen LogP contribution in [0.5, 0.6) is 0 Å². The minimum atomic E-state index is 0.167. The molecule has 0 unspecified atom stereocenters. The summed E-state index contributed by atoms with van der Waals surface area (Å²) in [7, 11) is 0. The number of carbonyl (C=O) groups is 2. The van der Waals surface area contributed by atoms with Gasteiger partial charge in [0.25, 0.3) is 0 Å². The number of ketones is 2. The van der Waals surface area contributed by atoms with Crippen LogP contribution < -0.4 is 0 Å². The van der Waals surface area contributed by atoms with E-state index in [4.69, 9.17) is 4.74 Å². The summed E-state index contributed by atoms with van der Waals surface area (Å²) in [4.78, 5) is 19.3. The minimum absolute atomic E-state index is 0.167. The van der Waals surface area contributed by atoms with E-state index in [1.807, 2.05) is 34.6 Å². The van der Waals surface area contributed by atoms with Gasteiger partial charge in [-0.25, -0.2) is 0 Å². The Morgan fingerprint density at radius 3 is 1.12 bits per heavy atom. The van der Waals surface area contributed by atoms with Gasteiger partial charge < -0.3 is 14.3 Å². The van der Waals surface area contributed by atoms with Crippen LogP contribution in [-0.2, 0) is 14.3 Å². The van der Waals surface area contributed by atoms with Crippen LogP contribution in [0.25, 0.3) is 0 Å². The Morgan fingerprint density at radius 2 is 1.12 bits per heavy atom. The third kappa shape index (κ3) is 71.6. The highest BCUT2D eigenvalue weighted by Gasteiger charge is 1.94. The van der Waals surface area contributed by atoms with E-state index in [2.05, 4.69) is 0 Å². The predicted molar refractivity (Wildman–Crippen MR) is 68.7 cm³/mol. The van der Waals surface area contributed by atoms with Gasteiger partial charge in [0.15, 0.2) is 0 Å². The maximum absolute atomic E-state index is 9.81. The van der Waals surface area contributed by atoms with Gasteiger partial charge in [-0.05, 0) is 48.5 Å². The predicted octanol–water partition coefficient (Wildman–Crippen LogP) is 3.40. The van der Waals surface area contributed by atoms with Crippen molar-refractivity contribution in [1.29, 1.82) is 0 Å². The molecule has 0 aromatic rings. The SMILES string of the molecule is CC(C)=O.CC(C)OC(C)C.CCC(C)=O. The molecular weight excluding hydrogens is 204 g/mol. The quantitative estimate of drug-likeness (QED) is 0.749. The van der Waals surface area contributed by atoms with Crippen LogP contribution in [0.3, 0.4) is 0 Å². The zero-order valence-corrected chi connectivity index (χ0v) is 12.1. The number of ether oxygens (including phenoxy) is 1. The zero-order valence-electron chi connectivity index (χ0n) is 12.1. The lowest BCUT2D eigenvalue weighted by Gasteiger charge is -2.09. The lowest BCUT2D eigenvalue weighted by Crippen LogP contribution is -2.09. The number of carbonyl (C=O) groups excluding carboxylic acids is 2. The first kappa shape index (κ1) is 20.7. The van der Waals surface area contributed by atoms with Crippen molar-refractivity contribution in [3.63, 3.8) is 0 Å². The van der Waals surface area contributed by atoms with Gasteiger partial charge in [-0.2, -0.15) is 0 Å². The maximum Gasteiger partial charge on any atom is 0.129 e. The average molecular weight is 232 g/mol. The number of rotatable bonds is 3. The molecule has 3 nitrogen and oxygen atoms in total. The summed E-state index contributed by atoms with van der Waals surface area (Å²) in [6.07, 6.45) is 1.42. The largest absolute Gasteiger partial charge is 0.376 e. The Labute approximate surface area is 101 Å². The summed E-state index contributed by atoms with van der Waals surface area (Å²) < 4.78 is 5.25. The molecule has 0 aromatic heterocycles. The second-order valence-corrected chi connectivity index (χ2v) is 4.20. The van der Waals surface area contributed by atoms with Crippen LogP contribution in [0.1, 0.15) is 61.8 Å². The van der Waals surface area contributed by atoms with E-state index in [1.165, 1.54) is 13.8 Å². The molecule has 0 radical (unpaired) electrons. The molecule has 0 aromatic carbocycles. The molecule has 0 saturated carbocycles. The minimum Gasteiger partial charge on any atom is -0.376 e. The molecule has 0 saturated heterocycles. The Hall–Kier alpha value is -0.700. The molecule has 0 aliphatic carbocycles. The molecule has 0 aliphatic heterocycles. The fraction of sp³-hybridized carbons (Fsp3) is 0.846. The molecule has 16 heavy (non-hydrogen) atoms. The third-order valence-electron chi connectivity index (χ3n) is 1.04. The van der Waals surface area contributed by atoms with Gasteiger partial charge >= 0.3 is 0 Å². The zero-order chi connectivity index (χ0) is 13.7. The molecule has 0 fully saturated rings. The van der Waals surface area contributed by atoms with E-state index >= 15 is 0 Å². The first-order chi connectivity index (χ1) is 7.13. The molecule has 0 amide bonds. The van der Waals surface area contributed by atoms with Gasteiger partial charge in [0.2, 0.25) is 0 Å². The van der Waals surface area contributed by atoms with Crippen molar-refractivity contribution in [1.82, 2.24) is 0 Å². The second kappa shape index (κ2) is 14.3. The first-order valence-corrected chi connectivity index (χ1v) is 5.75. The molecular formula is C13H28O3. The lowest BCUT2D eigenvalue weighted by atomic mass is 10.4. The number of hydrogen-bond donors (Lipinski definition) is 0. The normalized spacial score (nSPS) is 8.88. The highest BCUT2D eigenvalue weighted by Crippen LogP contribution is 1.93. The fourth-order valence-electron chi connectivity index (χ4n) is 0.544. The molecule has 0 heterocycles. The van der Waals surface area contributed by atoms with Gasteiger partial charge in [0.05, 0.1) is 12.2 Å². The van der Waals surface area contributed by atoms with Crippen molar-refractivity contribution in [2.24, 2.45) is 0 Å². The van der Waals surface area contributed by atoms with E-state index < -0.39 is 0 Å². The van der Waals surface area contributed by atoms with Crippen molar-refractivity contribution in [3.05, 3.63) is 0 Å². The average Bonchev–Trinajstić information content (AvgIpc) is 2.01. The summed E-state index contributed by atoms with van der Waals surface area (Å²) in [5.41, 5.74) is 0. The Bertz CT molecular complexity index is 162. The third-order valence-corrected chi connectivity index (χ3v) is 1.04. The van der Waals surface area contributed by atoms with E-state index in [1.54, 1.807) is 6.92 Å². The van der Waals surface area contributed by atoms with E-state index in [9.17, 15) is 9.59 Å². The number of Topliss-reactive ketones (excluding diaryl/α,β-unsaturated/α-hetero) is 2. The van der Waals surface area contributed by atoms with E-state index in [0.717, 1.165) is 0 Å². The molecule has 0 atom stereocenters. The van der Waals surface area contributed by atoms with Crippen molar-refractivity contribution in [3.8, 4) is 0 Å². The number of hydrogen-bond acceptors (Lipinski definition) is 3. The second-order valence-electron chi connectivity index (χ2n) is 4.20. The van der Waals surface area contributed by atoms with Crippen molar-refractivity contribution >= 4 is 11.6 Å². The molecule has 98 valence electrons. The van der Waals surface area contributed by atoms with Gasteiger partial charge in [0.1, 0.15) is 11.6 Å². The van der Waals surface area contributed by atoms with Crippen molar-refractivity contribution in [2.45, 2.75) is 74.0 Å². The fourth-order valence-corrected chi connectivity index (χ4v) is 0.544. The van der Waals surface area contributed by atoms with E-state index in [-0.39, 0.29) is 11.6 Å². The topological polar surface area (TPSA) is 43.4 Å². The summed E-state index contributed by atoms with van der Waals surface area (Å²) in [6.45, 7) is 14.7. The van der Waals surface area contributed by atoms with Crippen molar-refractivity contribution in [2.75, 3.05) is 0 Å². The van der Waals surface area contributed by atoms with Gasteiger partial charge in [-0.1, -0.05) is 6.92 Å². The highest BCUT2D eigenvalue weighted by atomic mass is 16.5. The summed E-state index contributed by atoms with van der Waals surface area (Å²) in [5, 5.41) is 0. The summed E-state index contributed by atoms with van der Waals surface area (Å²) >= 11 is 0. The van der Waals surface area contributed by atoms with Crippen LogP contribution in [0.2, 0.25) is 0 Å². The maximum atomic E-state index is 9.81. The van der Waals surface area contributed by atoms with Crippen LogP contribution >= 0.6 is 0 Å².